The number of halogens is 1. The van der Waals surface area contributed by atoms with Crippen LogP contribution < -0.4 is 10.2 Å². The second kappa shape index (κ2) is 4.26. The first kappa shape index (κ1) is 11.0. The fourth-order valence-electron chi connectivity index (χ4n) is 2.03. The van der Waals surface area contributed by atoms with Crippen molar-refractivity contribution >= 4 is 5.82 Å². The number of pyridine rings is 1. The third-order valence-electron chi connectivity index (χ3n) is 3.54. The highest BCUT2D eigenvalue weighted by molar-refractivity contribution is 5.44. The fraction of sp³-hybridized carbons (Fsp3) is 0.615. The minimum atomic E-state index is -0.157. The second-order valence-electron chi connectivity index (χ2n) is 5.10. The summed E-state index contributed by atoms with van der Waals surface area (Å²) in [6.07, 6.45) is 6.47. The molecular formula is C13H18FN3. The summed E-state index contributed by atoms with van der Waals surface area (Å²) >= 11 is 0. The van der Waals surface area contributed by atoms with Gasteiger partial charge in [-0.05, 0) is 31.7 Å². The van der Waals surface area contributed by atoms with E-state index >= 15 is 0 Å². The Morgan fingerprint density at radius 2 is 2.18 bits per heavy atom. The van der Waals surface area contributed by atoms with Gasteiger partial charge in [-0.1, -0.05) is 0 Å². The normalized spacial score (nSPS) is 19.4. The minimum absolute atomic E-state index is 0.157. The van der Waals surface area contributed by atoms with Crippen LogP contribution in [0.5, 0.6) is 0 Å². The lowest BCUT2D eigenvalue weighted by atomic mass is 10.2. The van der Waals surface area contributed by atoms with Crippen LogP contribution in [0.2, 0.25) is 0 Å². The number of hydrogen-bond donors (Lipinski definition) is 1. The van der Waals surface area contributed by atoms with Gasteiger partial charge in [-0.2, -0.15) is 0 Å². The number of hydrogen-bond acceptors (Lipinski definition) is 3. The van der Waals surface area contributed by atoms with E-state index in [-0.39, 0.29) is 5.82 Å². The van der Waals surface area contributed by atoms with Crippen LogP contribution in [0, 0.1) is 5.82 Å². The van der Waals surface area contributed by atoms with Crippen molar-refractivity contribution in [1.29, 1.82) is 0 Å². The lowest BCUT2D eigenvalue weighted by Crippen LogP contribution is -2.23. The molecule has 0 atom stereocenters. The molecular weight excluding hydrogens is 217 g/mol. The second-order valence-corrected chi connectivity index (χ2v) is 5.10. The predicted octanol–water partition coefficient (Wildman–Crippen LogP) is 2.07. The van der Waals surface area contributed by atoms with Gasteiger partial charge in [-0.15, -0.1) is 0 Å². The van der Waals surface area contributed by atoms with Crippen molar-refractivity contribution in [3.63, 3.8) is 0 Å². The Kier molecular flexibility index (Phi) is 2.74. The van der Waals surface area contributed by atoms with Gasteiger partial charge < -0.3 is 10.2 Å². The molecule has 2 fully saturated rings. The van der Waals surface area contributed by atoms with E-state index in [0.29, 0.717) is 24.4 Å². The van der Waals surface area contributed by atoms with Gasteiger partial charge in [0.15, 0.2) is 11.6 Å². The van der Waals surface area contributed by atoms with Crippen molar-refractivity contribution in [2.24, 2.45) is 0 Å². The number of nitrogens with zero attached hydrogens (tertiary/aromatic N) is 2. The fourth-order valence-corrected chi connectivity index (χ4v) is 2.03. The van der Waals surface area contributed by atoms with Crippen LogP contribution in [0.15, 0.2) is 12.3 Å². The molecule has 3 nitrogen and oxygen atoms in total. The van der Waals surface area contributed by atoms with E-state index in [1.165, 1.54) is 12.8 Å². The molecule has 0 amide bonds. The molecule has 0 bridgehead atoms. The van der Waals surface area contributed by atoms with E-state index in [4.69, 9.17) is 0 Å². The third kappa shape index (κ3) is 2.41. The van der Waals surface area contributed by atoms with Crippen molar-refractivity contribution in [2.45, 2.75) is 44.3 Å². The van der Waals surface area contributed by atoms with Crippen LogP contribution in [-0.2, 0) is 6.54 Å². The molecule has 0 spiro atoms. The standard InChI is InChI=1S/C13H18FN3/c1-17(11-4-5-11)13-12(14)9(6-7-15-13)8-16-10-2-3-10/h6-7,10-11,16H,2-5,8H2,1H3. The number of nitrogens with one attached hydrogen (secondary N) is 1. The molecule has 92 valence electrons. The Balaban J connectivity index is 1.75. The molecule has 0 aliphatic heterocycles. The molecule has 1 heterocycles. The van der Waals surface area contributed by atoms with Gasteiger partial charge in [-0.25, -0.2) is 9.37 Å². The van der Waals surface area contributed by atoms with Crippen LogP contribution in [0.4, 0.5) is 10.2 Å². The molecule has 0 unspecified atom stereocenters. The third-order valence-corrected chi connectivity index (χ3v) is 3.54. The smallest absolute Gasteiger partial charge is 0.170 e. The van der Waals surface area contributed by atoms with E-state index < -0.39 is 0 Å². The SMILES string of the molecule is CN(c1nccc(CNC2CC2)c1F)C1CC1. The Bertz CT molecular complexity index is 413. The monoisotopic (exact) mass is 235 g/mol. The zero-order valence-electron chi connectivity index (χ0n) is 10.1. The van der Waals surface area contributed by atoms with Gasteiger partial charge in [0.2, 0.25) is 0 Å². The zero-order valence-corrected chi connectivity index (χ0v) is 10.1. The summed E-state index contributed by atoms with van der Waals surface area (Å²) in [6, 6.07) is 2.87. The van der Waals surface area contributed by atoms with E-state index in [1.54, 1.807) is 12.3 Å². The van der Waals surface area contributed by atoms with Crippen LogP contribution >= 0.6 is 0 Å². The Morgan fingerprint density at radius 3 is 2.82 bits per heavy atom. The first-order valence-electron chi connectivity index (χ1n) is 6.35. The summed E-state index contributed by atoms with van der Waals surface area (Å²) in [5, 5.41) is 3.34. The van der Waals surface area contributed by atoms with Gasteiger partial charge >= 0.3 is 0 Å². The lowest BCUT2D eigenvalue weighted by molar-refractivity contribution is 0.577. The molecule has 17 heavy (non-hydrogen) atoms. The average Bonchev–Trinajstić information content (AvgIpc) is 3.17. The minimum Gasteiger partial charge on any atom is -0.354 e. The molecule has 2 aliphatic carbocycles. The number of aromatic nitrogens is 1. The van der Waals surface area contributed by atoms with Gasteiger partial charge in [-0.3, -0.25) is 0 Å². The first-order chi connectivity index (χ1) is 8.25. The molecule has 2 saturated carbocycles. The molecule has 4 heteroatoms. The molecule has 0 aromatic carbocycles. The summed E-state index contributed by atoms with van der Waals surface area (Å²) in [7, 11) is 1.93. The van der Waals surface area contributed by atoms with Crippen LogP contribution in [0.3, 0.4) is 0 Å². The maximum absolute atomic E-state index is 14.2. The van der Waals surface area contributed by atoms with E-state index in [9.17, 15) is 4.39 Å². The van der Waals surface area contributed by atoms with Gasteiger partial charge in [0.25, 0.3) is 0 Å². The Morgan fingerprint density at radius 1 is 1.41 bits per heavy atom. The average molecular weight is 235 g/mol. The Labute approximate surface area is 101 Å². The largest absolute Gasteiger partial charge is 0.354 e. The molecule has 3 rings (SSSR count). The maximum Gasteiger partial charge on any atom is 0.170 e. The molecule has 1 aromatic heterocycles. The van der Waals surface area contributed by atoms with Crippen molar-refractivity contribution < 1.29 is 4.39 Å². The van der Waals surface area contributed by atoms with Crippen LogP contribution in [0.25, 0.3) is 0 Å². The van der Waals surface area contributed by atoms with Crippen molar-refractivity contribution in [1.82, 2.24) is 10.3 Å². The van der Waals surface area contributed by atoms with E-state index in [1.807, 2.05) is 11.9 Å². The molecule has 2 aliphatic rings. The topological polar surface area (TPSA) is 28.2 Å². The highest BCUT2D eigenvalue weighted by atomic mass is 19.1. The van der Waals surface area contributed by atoms with Crippen molar-refractivity contribution in [3.8, 4) is 0 Å². The first-order valence-corrected chi connectivity index (χ1v) is 6.35. The van der Waals surface area contributed by atoms with Crippen LogP contribution in [-0.4, -0.2) is 24.1 Å². The van der Waals surface area contributed by atoms with Gasteiger partial charge in [0.1, 0.15) is 0 Å². The summed E-state index contributed by atoms with van der Waals surface area (Å²) in [6.45, 7) is 0.616. The summed E-state index contributed by atoms with van der Waals surface area (Å²) in [5.74, 6) is 0.345. The summed E-state index contributed by atoms with van der Waals surface area (Å²) < 4.78 is 14.2. The highest BCUT2D eigenvalue weighted by Gasteiger charge is 2.29. The maximum atomic E-state index is 14.2. The molecule has 0 radical (unpaired) electrons. The van der Waals surface area contributed by atoms with Crippen molar-refractivity contribution in [2.75, 3.05) is 11.9 Å². The Hall–Kier alpha value is -1.16. The number of anilines is 1. The van der Waals surface area contributed by atoms with E-state index in [2.05, 4.69) is 10.3 Å². The van der Waals surface area contributed by atoms with E-state index in [0.717, 1.165) is 18.4 Å². The quantitative estimate of drug-likeness (QED) is 0.847. The summed E-state index contributed by atoms with van der Waals surface area (Å²) in [5.41, 5.74) is 0.731. The molecule has 1 N–H and O–H groups in total. The predicted molar refractivity (Wildman–Crippen MR) is 65.5 cm³/mol. The molecule has 1 aromatic rings. The lowest BCUT2D eigenvalue weighted by Gasteiger charge is -2.19. The van der Waals surface area contributed by atoms with Gasteiger partial charge in [0, 0.05) is 37.4 Å². The number of rotatable bonds is 5. The highest BCUT2D eigenvalue weighted by Crippen LogP contribution is 2.31. The van der Waals surface area contributed by atoms with Gasteiger partial charge in [0.05, 0.1) is 0 Å². The summed E-state index contributed by atoms with van der Waals surface area (Å²) in [4.78, 5) is 6.13. The van der Waals surface area contributed by atoms with Crippen molar-refractivity contribution in [3.05, 3.63) is 23.6 Å². The van der Waals surface area contributed by atoms with Crippen LogP contribution in [0.1, 0.15) is 31.2 Å². The molecule has 0 saturated heterocycles. The zero-order chi connectivity index (χ0) is 11.8.